The Morgan fingerprint density at radius 2 is 0.673 bits per heavy atom. The Bertz CT molecular complexity index is 749. The van der Waals surface area contributed by atoms with E-state index in [2.05, 4.69) is 34.6 Å². The molecule has 0 heterocycles. The van der Waals surface area contributed by atoms with Crippen molar-refractivity contribution < 1.29 is 28.6 Å². The highest BCUT2D eigenvalue weighted by atomic mass is 16.6. The zero-order valence-corrected chi connectivity index (χ0v) is 33.3. The van der Waals surface area contributed by atoms with Gasteiger partial charge >= 0.3 is 17.9 Å². The molecule has 0 spiro atoms. The van der Waals surface area contributed by atoms with E-state index in [9.17, 15) is 14.4 Å². The zero-order valence-electron chi connectivity index (χ0n) is 33.3. The monoisotopic (exact) mass is 695 g/mol. The van der Waals surface area contributed by atoms with Crippen LogP contribution in [0.5, 0.6) is 0 Å². The highest BCUT2D eigenvalue weighted by Crippen LogP contribution is 2.16. The van der Waals surface area contributed by atoms with E-state index in [0.717, 1.165) is 69.6 Å². The molecule has 0 unspecified atom stereocenters. The molecule has 0 saturated heterocycles. The van der Waals surface area contributed by atoms with Gasteiger partial charge in [0.1, 0.15) is 13.2 Å². The second-order valence-corrected chi connectivity index (χ2v) is 15.6. The Morgan fingerprint density at radius 3 is 1.00 bits per heavy atom. The molecule has 0 radical (unpaired) electrons. The molecular weight excluding hydrogens is 612 g/mol. The van der Waals surface area contributed by atoms with Crippen LogP contribution in [0.15, 0.2) is 0 Å². The van der Waals surface area contributed by atoms with Gasteiger partial charge < -0.3 is 14.2 Å². The highest BCUT2D eigenvalue weighted by Gasteiger charge is 2.19. The van der Waals surface area contributed by atoms with Gasteiger partial charge in [-0.05, 0) is 31.1 Å². The number of hydrogen-bond donors (Lipinski definition) is 0. The van der Waals surface area contributed by atoms with Gasteiger partial charge in [-0.1, -0.05) is 189 Å². The number of ether oxygens (including phenoxy) is 3. The van der Waals surface area contributed by atoms with E-state index in [1.165, 1.54) is 116 Å². The number of carbonyl (C=O) groups is 3. The van der Waals surface area contributed by atoms with E-state index in [0.29, 0.717) is 19.3 Å². The van der Waals surface area contributed by atoms with Gasteiger partial charge in [-0.2, -0.15) is 0 Å². The number of unbranched alkanes of at least 4 members (excludes halogenated alkanes) is 22. The Kier molecular flexibility index (Phi) is 35.0. The molecule has 0 rings (SSSR count). The molecule has 0 amide bonds. The summed E-state index contributed by atoms with van der Waals surface area (Å²) in [6.45, 7) is 11.2. The summed E-state index contributed by atoms with van der Waals surface area (Å²) in [5.41, 5.74) is 0. The summed E-state index contributed by atoms with van der Waals surface area (Å²) < 4.78 is 16.6. The van der Waals surface area contributed by atoms with Crippen LogP contribution in [0.2, 0.25) is 0 Å². The van der Waals surface area contributed by atoms with Crippen molar-refractivity contribution in [3.05, 3.63) is 0 Å². The maximum Gasteiger partial charge on any atom is 0.306 e. The summed E-state index contributed by atoms with van der Waals surface area (Å²) in [6, 6.07) is 0. The molecule has 0 aromatic rings. The summed E-state index contributed by atoms with van der Waals surface area (Å²) >= 11 is 0. The SMILES string of the molecule is CCCCCCCCCC(=O)OC[C@@H](COC(=O)CCCCCCCCC(C)C)OC(=O)CCCCCCCCCCCCCCC(C)C. The fourth-order valence-corrected chi connectivity index (χ4v) is 6.22. The predicted octanol–water partition coefficient (Wildman–Crippen LogP) is 13.0. The van der Waals surface area contributed by atoms with Crippen LogP contribution >= 0.6 is 0 Å². The lowest BCUT2D eigenvalue weighted by molar-refractivity contribution is -0.167. The van der Waals surface area contributed by atoms with Crippen molar-refractivity contribution in [2.24, 2.45) is 11.8 Å². The maximum absolute atomic E-state index is 12.6. The number of hydrogen-bond acceptors (Lipinski definition) is 6. The first-order valence-electron chi connectivity index (χ1n) is 21.2. The molecule has 290 valence electrons. The largest absolute Gasteiger partial charge is 0.462 e. The van der Waals surface area contributed by atoms with Crippen molar-refractivity contribution in [2.45, 2.75) is 233 Å². The molecule has 0 N–H and O–H groups in total. The van der Waals surface area contributed by atoms with Gasteiger partial charge in [0.25, 0.3) is 0 Å². The first-order valence-corrected chi connectivity index (χ1v) is 21.2. The number of esters is 3. The molecule has 0 aliphatic heterocycles. The summed E-state index contributed by atoms with van der Waals surface area (Å²) in [7, 11) is 0. The van der Waals surface area contributed by atoms with E-state index in [1.807, 2.05) is 0 Å². The minimum absolute atomic E-state index is 0.0668. The van der Waals surface area contributed by atoms with Crippen LogP contribution in [0, 0.1) is 11.8 Å². The van der Waals surface area contributed by atoms with Gasteiger partial charge in [0, 0.05) is 19.3 Å². The van der Waals surface area contributed by atoms with Crippen LogP contribution in [-0.4, -0.2) is 37.2 Å². The van der Waals surface area contributed by atoms with Crippen LogP contribution in [-0.2, 0) is 28.6 Å². The smallest absolute Gasteiger partial charge is 0.306 e. The lowest BCUT2D eigenvalue weighted by Crippen LogP contribution is -2.30. The van der Waals surface area contributed by atoms with Crippen LogP contribution in [0.4, 0.5) is 0 Å². The standard InChI is InChI=1S/C43H82O6/c1-6-7-8-9-16-23-28-33-41(44)47-36-40(37-48-42(45)34-29-24-20-19-22-27-32-39(4)5)49-43(46)35-30-25-18-15-13-11-10-12-14-17-21-26-31-38(2)3/h38-40H,6-37H2,1-5H3/t40-/m0/s1. The van der Waals surface area contributed by atoms with Gasteiger partial charge in [-0.3, -0.25) is 14.4 Å². The third-order valence-electron chi connectivity index (χ3n) is 9.47. The maximum atomic E-state index is 12.6. The Morgan fingerprint density at radius 1 is 0.388 bits per heavy atom. The third kappa shape index (κ3) is 37.5. The summed E-state index contributed by atoms with van der Waals surface area (Å²) in [6.07, 6.45) is 32.5. The van der Waals surface area contributed by atoms with E-state index in [4.69, 9.17) is 14.2 Å². The Balaban J connectivity index is 4.28. The van der Waals surface area contributed by atoms with Crippen molar-refractivity contribution in [3.8, 4) is 0 Å². The van der Waals surface area contributed by atoms with Crippen LogP contribution in [0.25, 0.3) is 0 Å². The lowest BCUT2D eigenvalue weighted by Gasteiger charge is -2.18. The van der Waals surface area contributed by atoms with Crippen LogP contribution < -0.4 is 0 Å². The van der Waals surface area contributed by atoms with Crippen molar-refractivity contribution in [1.82, 2.24) is 0 Å². The van der Waals surface area contributed by atoms with Gasteiger partial charge in [-0.15, -0.1) is 0 Å². The average molecular weight is 695 g/mol. The first-order chi connectivity index (χ1) is 23.7. The van der Waals surface area contributed by atoms with E-state index in [1.54, 1.807) is 0 Å². The summed E-state index contributed by atoms with van der Waals surface area (Å²) in [5, 5.41) is 0. The Labute approximate surface area is 304 Å². The average Bonchev–Trinajstić information content (AvgIpc) is 3.06. The molecule has 0 bridgehead atoms. The predicted molar refractivity (Wildman–Crippen MR) is 206 cm³/mol. The minimum atomic E-state index is -0.759. The quantitative estimate of drug-likeness (QED) is 0.0366. The molecule has 6 nitrogen and oxygen atoms in total. The second kappa shape index (κ2) is 36.2. The number of rotatable bonds is 37. The fraction of sp³-hybridized carbons (Fsp3) is 0.930. The topological polar surface area (TPSA) is 78.9 Å². The van der Waals surface area contributed by atoms with E-state index >= 15 is 0 Å². The van der Waals surface area contributed by atoms with Crippen LogP contribution in [0.1, 0.15) is 227 Å². The molecule has 49 heavy (non-hydrogen) atoms. The second-order valence-electron chi connectivity index (χ2n) is 15.6. The van der Waals surface area contributed by atoms with Crippen LogP contribution in [0.3, 0.4) is 0 Å². The molecule has 1 atom stereocenters. The minimum Gasteiger partial charge on any atom is -0.462 e. The molecule has 0 aliphatic rings. The third-order valence-corrected chi connectivity index (χ3v) is 9.47. The van der Waals surface area contributed by atoms with Crippen molar-refractivity contribution in [1.29, 1.82) is 0 Å². The van der Waals surface area contributed by atoms with Gasteiger partial charge in [0.05, 0.1) is 0 Å². The van der Waals surface area contributed by atoms with Gasteiger partial charge in [0.15, 0.2) is 6.10 Å². The molecule has 0 aromatic carbocycles. The normalized spacial score (nSPS) is 12.1. The lowest BCUT2D eigenvalue weighted by atomic mass is 10.0. The molecular formula is C43H82O6. The zero-order chi connectivity index (χ0) is 36.2. The molecule has 0 saturated carbocycles. The summed E-state index contributed by atoms with van der Waals surface area (Å²) in [4.78, 5) is 37.4. The van der Waals surface area contributed by atoms with Gasteiger partial charge in [0.2, 0.25) is 0 Å². The number of carbonyl (C=O) groups excluding carboxylic acids is 3. The Hall–Kier alpha value is -1.59. The fourth-order valence-electron chi connectivity index (χ4n) is 6.22. The molecule has 0 aromatic heterocycles. The molecule has 0 aliphatic carbocycles. The molecule has 6 heteroatoms. The molecule has 0 fully saturated rings. The van der Waals surface area contributed by atoms with Crippen molar-refractivity contribution >= 4 is 17.9 Å². The van der Waals surface area contributed by atoms with Crippen molar-refractivity contribution in [3.63, 3.8) is 0 Å². The van der Waals surface area contributed by atoms with E-state index in [-0.39, 0.29) is 31.1 Å². The first kappa shape index (κ1) is 47.4. The van der Waals surface area contributed by atoms with Crippen molar-refractivity contribution in [2.75, 3.05) is 13.2 Å². The van der Waals surface area contributed by atoms with Gasteiger partial charge in [-0.25, -0.2) is 0 Å². The van der Waals surface area contributed by atoms with E-state index < -0.39 is 6.10 Å². The highest BCUT2D eigenvalue weighted by molar-refractivity contribution is 5.71. The summed E-state index contributed by atoms with van der Waals surface area (Å²) in [5.74, 6) is 0.723.